The van der Waals surface area contributed by atoms with Crippen molar-refractivity contribution in [3.05, 3.63) is 54.1 Å². The summed E-state index contributed by atoms with van der Waals surface area (Å²) in [6.45, 7) is 0.658. The van der Waals surface area contributed by atoms with Crippen LogP contribution in [0.4, 0.5) is 5.95 Å². The van der Waals surface area contributed by atoms with Crippen LogP contribution in [0.5, 0.6) is 11.5 Å². The number of hydrogen-bond acceptors (Lipinski definition) is 4. The van der Waals surface area contributed by atoms with E-state index in [2.05, 4.69) is 15.4 Å². The average molecular weight is 311 g/mol. The number of aromatic hydroxyl groups is 1. The summed E-state index contributed by atoms with van der Waals surface area (Å²) in [5.74, 6) is 2.55. The molecule has 1 aromatic heterocycles. The Bertz CT molecular complexity index is 779. The minimum atomic E-state index is 0.236. The molecule has 0 fully saturated rings. The number of rotatable bonds is 5. The molecule has 0 saturated heterocycles. The van der Waals surface area contributed by atoms with E-state index in [4.69, 9.17) is 4.74 Å². The van der Waals surface area contributed by atoms with Gasteiger partial charge in [-0.25, -0.2) is 5.10 Å². The van der Waals surface area contributed by atoms with Gasteiger partial charge in [-0.2, -0.15) is 4.68 Å². The van der Waals surface area contributed by atoms with E-state index in [0.29, 0.717) is 6.54 Å². The first-order chi connectivity index (χ1) is 11.2. The summed E-state index contributed by atoms with van der Waals surface area (Å²) in [5, 5.41) is 15.8. The molecule has 0 spiro atoms. The maximum atomic E-state index is 9.39. The van der Waals surface area contributed by atoms with Crippen LogP contribution in [0.25, 0.3) is 11.4 Å². The van der Waals surface area contributed by atoms with Gasteiger partial charge in [0.05, 0.1) is 14.2 Å². The molecule has 0 aliphatic rings. The van der Waals surface area contributed by atoms with Crippen LogP contribution in [-0.2, 0) is 6.54 Å². The molecule has 3 N–H and O–H groups in total. The lowest BCUT2D eigenvalue weighted by molar-refractivity contribution is -0.729. The van der Waals surface area contributed by atoms with E-state index < -0.39 is 0 Å². The zero-order chi connectivity index (χ0) is 16.2. The van der Waals surface area contributed by atoms with Crippen molar-refractivity contribution >= 4 is 5.95 Å². The molecule has 1 heterocycles. The molecule has 2 aromatic carbocycles. The first-order valence-corrected chi connectivity index (χ1v) is 7.29. The van der Waals surface area contributed by atoms with E-state index in [-0.39, 0.29) is 5.75 Å². The van der Waals surface area contributed by atoms with Gasteiger partial charge >= 0.3 is 5.95 Å². The number of hydrogen-bond donors (Lipinski definition) is 3. The molecule has 6 heteroatoms. The first-order valence-electron chi connectivity index (χ1n) is 7.29. The van der Waals surface area contributed by atoms with E-state index in [1.165, 1.54) is 0 Å². The van der Waals surface area contributed by atoms with E-state index in [1.54, 1.807) is 19.2 Å². The van der Waals surface area contributed by atoms with Gasteiger partial charge in [-0.05, 0) is 46.9 Å². The monoisotopic (exact) mass is 311 g/mol. The molecule has 0 bridgehead atoms. The molecule has 23 heavy (non-hydrogen) atoms. The van der Waals surface area contributed by atoms with Crippen LogP contribution in [0, 0.1) is 0 Å². The number of nitrogens with one attached hydrogen (secondary N) is 2. The number of phenols is 1. The Labute approximate surface area is 134 Å². The average Bonchev–Trinajstić information content (AvgIpc) is 2.99. The lowest BCUT2D eigenvalue weighted by Crippen LogP contribution is -2.38. The van der Waals surface area contributed by atoms with Crippen molar-refractivity contribution in [2.45, 2.75) is 6.54 Å². The van der Waals surface area contributed by atoms with Crippen molar-refractivity contribution in [2.75, 3.05) is 19.5 Å². The van der Waals surface area contributed by atoms with Crippen molar-refractivity contribution in [1.82, 2.24) is 10.1 Å². The topological polar surface area (TPSA) is 74.1 Å². The highest BCUT2D eigenvalue weighted by Gasteiger charge is 2.17. The fraction of sp³-hybridized carbons (Fsp3) is 0.176. The first kappa shape index (κ1) is 14.9. The number of benzene rings is 2. The lowest BCUT2D eigenvalue weighted by atomic mass is 10.2. The molecule has 6 nitrogen and oxygen atoms in total. The quantitative estimate of drug-likeness (QED) is 0.631. The molecular formula is C17H19N4O2+. The molecule has 0 amide bonds. The molecule has 3 rings (SSSR count). The fourth-order valence-corrected chi connectivity index (χ4v) is 2.34. The van der Waals surface area contributed by atoms with Gasteiger partial charge in [-0.15, -0.1) is 0 Å². The predicted molar refractivity (Wildman–Crippen MR) is 87.5 cm³/mol. The van der Waals surface area contributed by atoms with Gasteiger partial charge in [0, 0.05) is 5.56 Å². The van der Waals surface area contributed by atoms with Gasteiger partial charge in [0.2, 0.25) is 5.82 Å². The number of phenolic OH excluding ortho intramolecular Hbond substituents is 1. The van der Waals surface area contributed by atoms with Gasteiger partial charge in [-0.3, -0.25) is 5.32 Å². The minimum Gasteiger partial charge on any atom is -0.508 e. The molecule has 0 unspecified atom stereocenters. The Kier molecular flexibility index (Phi) is 4.14. The van der Waals surface area contributed by atoms with Gasteiger partial charge in [-0.1, -0.05) is 12.1 Å². The third-order valence-corrected chi connectivity index (χ3v) is 3.58. The summed E-state index contributed by atoms with van der Waals surface area (Å²) < 4.78 is 7.11. The zero-order valence-electron chi connectivity index (χ0n) is 13.1. The lowest BCUT2D eigenvalue weighted by Gasteiger charge is -2.02. The van der Waals surface area contributed by atoms with Crippen molar-refractivity contribution < 1.29 is 14.5 Å². The molecule has 0 atom stereocenters. The second-order valence-electron chi connectivity index (χ2n) is 5.13. The van der Waals surface area contributed by atoms with Crippen LogP contribution in [0.2, 0.25) is 0 Å². The number of aromatic nitrogens is 3. The van der Waals surface area contributed by atoms with Crippen molar-refractivity contribution in [3.63, 3.8) is 0 Å². The van der Waals surface area contributed by atoms with Crippen molar-refractivity contribution in [2.24, 2.45) is 0 Å². The Morgan fingerprint density at radius 3 is 2.43 bits per heavy atom. The summed E-state index contributed by atoms with van der Waals surface area (Å²) in [6, 6.07) is 14.9. The van der Waals surface area contributed by atoms with Crippen LogP contribution in [-0.4, -0.2) is 29.3 Å². The Balaban J connectivity index is 1.87. The Morgan fingerprint density at radius 1 is 1.13 bits per heavy atom. The van der Waals surface area contributed by atoms with Gasteiger partial charge in [0.1, 0.15) is 18.0 Å². The van der Waals surface area contributed by atoms with Crippen molar-refractivity contribution in [3.8, 4) is 22.9 Å². The number of methoxy groups -OCH3 is 1. The standard InChI is InChI=1S/C17H18N4O2/c1-18-17-19-16(13-5-7-14(22)8-6-13)20-21(17)11-12-3-9-15(23-2)10-4-12/h3-10H,11H2,1-2H3,(H2,18,19,20,22)/p+1. The Hall–Kier alpha value is -3.02. The van der Waals surface area contributed by atoms with E-state index >= 15 is 0 Å². The molecular weight excluding hydrogens is 292 g/mol. The highest BCUT2D eigenvalue weighted by Crippen LogP contribution is 2.19. The number of ether oxygens (including phenoxy) is 1. The summed E-state index contributed by atoms with van der Waals surface area (Å²) >= 11 is 0. The third kappa shape index (κ3) is 3.26. The number of anilines is 1. The normalized spacial score (nSPS) is 10.5. The fourth-order valence-electron chi connectivity index (χ4n) is 2.34. The van der Waals surface area contributed by atoms with Crippen molar-refractivity contribution in [1.29, 1.82) is 0 Å². The third-order valence-electron chi connectivity index (χ3n) is 3.58. The van der Waals surface area contributed by atoms with E-state index in [9.17, 15) is 5.11 Å². The van der Waals surface area contributed by atoms with Crippen LogP contribution >= 0.6 is 0 Å². The van der Waals surface area contributed by atoms with Gasteiger partial charge in [0.15, 0.2) is 0 Å². The summed E-state index contributed by atoms with van der Waals surface area (Å²) in [5.41, 5.74) is 2.04. The minimum absolute atomic E-state index is 0.236. The molecule has 0 aliphatic carbocycles. The second kappa shape index (κ2) is 6.39. The van der Waals surface area contributed by atoms with E-state index in [1.807, 2.05) is 48.1 Å². The largest absolute Gasteiger partial charge is 0.508 e. The second-order valence-corrected chi connectivity index (χ2v) is 5.13. The SMILES string of the molecule is CNc1nc(-c2ccc(O)cc2)[nH][n+]1Cc1ccc(OC)cc1. The van der Waals surface area contributed by atoms with Crippen LogP contribution in [0.3, 0.4) is 0 Å². The maximum absolute atomic E-state index is 9.39. The predicted octanol–water partition coefficient (Wildman–Crippen LogP) is 2.17. The van der Waals surface area contributed by atoms with E-state index in [0.717, 1.165) is 28.6 Å². The van der Waals surface area contributed by atoms with Crippen LogP contribution < -0.4 is 14.7 Å². The summed E-state index contributed by atoms with van der Waals surface area (Å²) in [6.07, 6.45) is 0. The molecule has 0 aliphatic heterocycles. The molecule has 0 radical (unpaired) electrons. The highest BCUT2D eigenvalue weighted by molar-refractivity contribution is 5.56. The van der Waals surface area contributed by atoms with Crippen LogP contribution in [0.15, 0.2) is 48.5 Å². The Morgan fingerprint density at radius 2 is 1.83 bits per heavy atom. The molecule has 3 aromatic rings. The molecule has 0 saturated carbocycles. The number of nitrogens with zero attached hydrogens (tertiary/aromatic N) is 2. The highest BCUT2D eigenvalue weighted by atomic mass is 16.5. The smallest absolute Gasteiger partial charge is 0.411 e. The molecule has 118 valence electrons. The summed E-state index contributed by atoms with van der Waals surface area (Å²) in [7, 11) is 3.49. The van der Waals surface area contributed by atoms with Gasteiger partial charge in [0.25, 0.3) is 0 Å². The number of aromatic amines is 1. The summed E-state index contributed by atoms with van der Waals surface area (Å²) in [4.78, 5) is 4.55. The zero-order valence-corrected chi connectivity index (χ0v) is 13.1. The van der Waals surface area contributed by atoms with Crippen LogP contribution in [0.1, 0.15) is 5.56 Å². The van der Waals surface area contributed by atoms with Gasteiger partial charge < -0.3 is 9.84 Å². The number of H-pyrrole nitrogens is 1. The maximum Gasteiger partial charge on any atom is 0.411 e.